The highest BCUT2D eigenvalue weighted by atomic mass is 35.5. The molecule has 0 saturated heterocycles. The van der Waals surface area contributed by atoms with Gasteiger partial charge in [0.1, 0.15) is 5.02 Å². The Labute approximate surface area is 238 Å². The lowest BCUT2D eigenvalue weighted by Gasteiger charge is -2.18. The van der Waals surface area contributed by atoms with Crippen LogP contribution in [0, 0.1) is 0 Å². The number of likely N-dealkylation sites (N-methyl/N-ethyl adjacent to an activating group) is 1. The Morgan fingerprint density at radius 1 is 1.00 bits per heavy atom. The zero-order chi connectivity index (χ0) is 28.3. The van der Waals surface area contributed by atoms with Gasteiger partial charge in [0.25, 0.3) is 0 Å². The molecule has 0 atom stereocenters. The minimum absolute atomic E-state index is 0.0812. The number of carbonyl (C=O) groups excluding carboxylic acids is 2. The van der Waals surface area contributed by atoms with Crippen LogP contribution in [0.15, 0.2) is 85.1 Å². The zero-order valence-corrected chi connectivity index (χ0v) is 23.2. The van der Waals surface area contributed by atoms with E-state index >= 15 is 0 Å². The van der Waals surface area contributed by atoms with E-state index in [0.29, 0.717) is 34.7 Å². The average Bonchev–Trinajstić information content (AvgIpc) is 3.15. The van der Waals surface area contributed by atoms with E-state index in [2.05, 4.69) is 25.9 Å². The molecule has 2 heterocycles. The predicted molar refractivity (Wildman–Crippen MR) is 162 cm³/mol. The summed E-state index contributed by atoms with van der Waals surface area (Å²) in [4.78, 5) is 36.1. The van der Waals surface area contributed by atoms with Crippen LogP contribution in [0.3, 0.4) is 0 Å². The molecule has 0 bridgehead atoms. The van der Waals surface area contributed by atoms with Crippen molar-refractivity contribution in [3.05, 3.63) is 101 Å². The van der Waals surface area contributed by atoms with Gasteiger partial charge in [-0.05, 0) is 68.3 Å². The average molecular weight is 553 g/mol. The van der Waals surface area contributed by atoms with Crippen LogP contribution in [0.25, 0.3) is 6.08 Å². The summed E-state index contributed by atoms with van der Waals surface area (Å²) >= 11 is 6.43. The number of para-hydroxylation sites is 2. The normalized spacial score (nSPS) is 13.8. The van der Waals surface area contributed by atoms with Gasteiger partial charge >= 0.3 is 0 Å². The quantitative estimate of drug-likeness (QED) is 0.205. The minimum atomic E-state index is -0.624. The topological polar surface area (TPSA) is 99.3 Å². The molecule has 9 heteroatoms. The Kier molecular flexibility index (Phi) is 7.53. The lowest BCUT2D eigenvalue weighted by atomic mass is 9.86. The molecule has 0 fully saturated rings. The van der Waals surface area contributed by atoms with Gasteiger partial charge in [-0.2, -0.15) is 4.98 Å². The third-order valence-electron chi connectivity index (χ3n) is 6.72. The van der Waals surface area contributed by atoms with Gasteiger partial charge in [-0.25, -0.2) is 4.98 Å². The van der Waals surface area contributed by atoms with Crippen molar-refractivity contribution in [2.24, 2.45) is 0 Å². The van der Waals surface area contributed by atoms with Crippen molar-refractivity contribution >= 4 is 64.0 Å². The first kappa shape index (κ1) is 26.9. The zero-order valence-electron chi connectivity index (χ0n) is 22.4. The molecule has 0 aliphatic carbocycles. The third kappa shape index (κ3) is 5.53. The second-order valence-corrected chi connectivity index (χ2v) is 10.2. The summed E-state index contributed by atoms with van der Waals surface area (Å²) < 4.78 is 0. The molecule has 5 rings (SSSR count). The maximum Gasteiger partial charge on any atom is 0.248 e. The molecule has 202 valence electrons. The Morgan fingerprint density at radius 2 is 1.73 bits per heavy atom. The Hall–Kier alpha value is -4.69. The lowest BCUT2D eigenvalue weighted by molar-refractivity contribution is -0.122. The highest BCUT2D eigenvalue weighted by molar-refractivity contribution is 6.33. The maximum absolute atomic E-state index is 12.9. The maximum atomic E-state index is 12.9. The molecule has 4 aromatic rings. The number of rotatable bonds is 8. The molecule has 0 radical (unpaired) electrons. The number of benzene rings is 3. The van der Waals surface area contributed by atoms with Crippen molar-refractivity contribution in [1.82, 2.24) is 9.97 Å². The van der Waals surface area contributed by atoms with Crippen LogP contribution < -0.4 is 20.9 Å². The number of aromatic nitrogens is 2. The monoisotopic (exact) mass is 552 g/mol. The number of fused-ring (bicyclic) bond motifs is 1. The fourth-order valence-corrected chi connectivity index (χ4v) is 4.75. The smallest absolute Gasteiger partial charge is 0.248 e. The number of carbonyl (C=O) groups is 2. The molecule has 40 heavy (non-hydrogen) atoms. The van der Waals surface area contributed by atoms with Crippen molar-refractivity contribution in [3.63, 3.8) is 0 Å². The van der Waals surface area contributed by atoms with E-state index in [4.69, 9.17) is 11.6 Å². The van der Waals surface area contributed by atoms with Crippen molar-refractivity contribution in [3.8, 4) is 0 Å². The van der Waals surface area contributed by atoms with Gasteiger partial charge in [0.05, 0.1) is 23.0 Å². The molecule has 0 saturated carbocycles. The van der Waals surface area contributed by atoms with Crippen LogP contribution in [0.5, 0.6) is 0 Å². The summed E-state index contributed by atoms with van der Waals surface area (Å²) in [7, 11) is 0. The molecular weight excluding hydrogens is 524 g/mol. The number of hydrogen-bond donors (Lipinski definition) is 3. The second kappa shape index (κ2) is 11.2. The molecule has 3 N–H and O–H groups in total. The van der Waals surface area contributed by atoms with Crippen molar-refractivity contribution < 1.29 is 9.59 Å². The first-order valence-corrected chi connectivity index (χ1v) is 13.3. The standard InChI is InChI=1S/C31H29ClN6O2/c1-4-38-26-16-15-21(18-22(26)31(2,3)29(38)40)34-30-33-19-23(32)28(37-30)36-25-13-9-8-12-24(25)35-27(39)17-14-20-10-6-5-7-11-20/h5-19H,4H2,1-3H3,(H,35,39)(H2,33,34,36,37). The first-order chi connectivity index (χ1) is 19.3. The summed E-state index contributed by atoms with van der Waals surface area (Å²) in [5.74, 6) is 0.509. The van der Waals surface area contributed by atoms with Gasteiger partial charge in [0, 0.05) is 24.0 Å². The summed E-state index contributed by atoms with van der Waals surface area (Å²) in [5.41, 5.74) is 4.11. The van der Waals surface area contributed by atoms with Gasteiger partial charge in [0.15, 0.2) is 5.82 Å². The van der Waals surface area contributed by atoms with Crippen LogP contribution in [0.2, 0.25) is 5.02 Å². The van der Waals surface area contributed by atoms with Gasteiger partial charge < -0.3 is 20.9 Å². The Morgan fingerprint density at radius 3 is 2.48 bits per heavy atom. The molecule has 8 nitrogen and oxygen atoms in total. The van der Waals surface area contributed by atoms with Gasteiger partial charge in [-0.3, -0.25) is 9.59 Å². The largest absolute Gasteiger partial charge is 0.337 e. The second-order valence-electron chi connectivity index (χ2n) is 9.83. The van der Waals surface area contributed by atoms with Crippen molar-refractivity contribution in [2.45, 2.75) is 26.2 Å². The number of halogens is 1. The van der Waals surface area contributed by atoms with E-state index in [-0.39, 0.29) is 11.8 Å². The minimum Gasteiger partial charge on any atom is -0.337 e. The summed E-state index contributed by atoms with van der Waals surface area (Å²) in [6.45, 7) is 6.45. The summed E-state index contributed by atoms with van der Waals surface area (Å²) in [6.07, 6.45) is 4.74. The van der Waals surface area contributed by atoms with Gasteiger partial charge in [0.2, 0.25) is 17.8 Å². The lowest BCUT2D eigenvalue weighted by Crippen LogP contribution is -2.35. The fourth-order valence-electron chi connectivity index (χ4n) is 4.61. The number of nitrogens with one attached hydrogen (secondary N) is 3. The van der Waals surface area contributed by atoms with Crippen LogP contribution in [-0.2, 0) is 15.0 Å². The van der Waals surface area contributed by atoms with E-state index in [1.54, 1.807) is 17.0 Å². The van der Waals surface area contributed by atoms with Gasteiger partial charge in [-0.1, -0.05) is 54.1 Å². The Bertz CT molecular complexity index is 1600. The molecule has 0 unspecified atom stereocenters. The van der Waals surface area contributed by atoms with E-state index in [9.17, 15) is 9.59 Å². The summed E-state index contributed by atoms with van der Waals surface area (Å²) in [6, 6.07) is 22.7. The third-order valence-corrected chi connectivity index (χ3v) is 7.00. The van der Waals surface area contributed by atoms with E-state index < -0.39 is 5.41 Å². The first-order valence-electron chi connectivity index (χ1n) is 12.9. The highest BCUT2D eigenvalue weighted by Gasteiger charge is 2.43. The molecule has 2 amide bonds. The number of hydrogen-bond acceptors (Lipinski definition) is 6. The van der Waals surface area contributed by atoms with E-state index in [0.717, 1.165) is 22.5 Å². The molecule has 1 aliphatic heterocycles. The molecule has 1 aliphatic rings. The van der Waals surface area contributed by atoms with Crippen molar-refractivity contribution in [2.75, 3.05) is 27.4 Å². The SMILES string of the molecule is CCN1C(=O)C(C)(C)c2cc(Nc3ncc(Cl)c(Nc4ccccc4NC(=O)C=Cc4ccccc4)n3)ccc21. The molecular formula is C31H29ClN6O2. The summed E-state index contributed by atoms with van der Waals surface area (Å²) in [5, 5.41) is 9.64. The van der Waals surface area contributed by atoms with Crippen LogP contribution in [-0.4, -0.2) is 28.3 Å². The van der Waals surface area contributed by atoms with Crippen LogP contribution in [0.4, 0.5) is 34.5 Å². The predicted octanol–water partition coefficient (Wildman–Crippen LogP) is 6.91. The highest BCUT2D eigenvalue weighted by Crippen LogP contribution is 2.43. The number of amides is 2. The fraction of sp³-hybridized carbons (Fsp3) is 0.161. The van der Waals surface area contributed by atoms with Crippen LogP contribution >= 0.6 is 11.6 Å². The van der Waals surface area contributed by atoms with E-state index in [1.807, 2.05) is 87.5 Å². The van der Waals surface area contributed by atoms with Crippen LogP contribution in [0.1, 0.15) is 31.9 Å². The van der Waals surface area contributed by atoms with E-state index in [1.165, 1.54) is 12.3 Å². The number of nitrogens with zero attached hydrogens (tertiary/aromatic N) is 3. The Balaban J connectivity index is 1.34. The molecule has 1 aromatic heterocycles. The molecule has 0 spiro atoms. The molecule has 3 aromatic carbocycles. The number of anilines is 6. The van der Waals surface area contributed by atoms with Gasteiger partial charge in [-0.15, -0.1) is 0 Å². The van der Waals surface area contributed by atoms with Crippen molar-refractivity contribution in [1.29, 1.82) is 0 Å².